The van der Waals surface area contributed by atoms with Gasteiger partial charge in [0.1, 0.15) is 6.54 Å². The van der Waals surface area contributed by atoms with Gasteiger partial charge in [-0.25, -0.2) is 0 Å². The fraction of sp³-hybridized carbons (Fsp3) is 0.455. The molecule has 1 aromatic rings. The van der Waals surface area contributed by atoms with E-state index in [2.05, 4.69) is 5.32 Å². The number of nitrogens with one attached hydrogen (secondary N) is 1. The summed E-state index contributed by atoms with van der Waals surface area (Å²) in [6.07, 6.45) is 2.88. The van der Waals surface area contributed by atoms with Crippen molar-refractivity contribution in [2.45, 2.75) is 26.3 Å². The molecule has 0 saturated carbocycles. The Hall–Kier alpha value is -2.18. The lowest BCUT2D eigenvalue weighted by Gasteiger charge is -2.06. The minimum atomic E-state index is -0.606. The number of hydrogen-bond donors (Lipinski definition) is 1. The van der Waals surface area contributed by atoms with Gasteiger partial charge in [0.05, 0.1) is 11.1 Å². The number of aromatic nitrogens is 1. The molecule has 1 amide bonds. The summed E-state index contributed by atoms with van der Waals surface area (Å²) in [5.74, 6) is -0.328. The molecular formula is C11H15N3O4. The zero-order valence-electron chi connectivity index (χ0n) is 10.1. The Labute approximate surface area is 104 Å². The second-order valence-electron chi connectivity index (χ2n) is 3.81. The van der Waals surface area contributed by atoms with Crippen LogP contribution in [0.1, 0.15) is 19.8 Å². The first-order valence-electron chi connectivity index (χ1n) is 5.66. The number of carbonyl (C=O) groups excluding carboxylic acids is 1. The summed E-state index contributed by atoms with van der Waals surface area (Å²) < 4.78 is 1.03. The topological polar surface area (TPSA) is 94.2 Å². The van der Waals surface area contributed by atoms with E-state index >= 15 is 0 Å². The average Bonchev–Trinajstić information content (AvgIpc) is 2.32. The van der Waals surface area contributed by atoms with Crippen molar-refractivity contribution in [2.24, 2.45) is 0 Å². The predicted molar refractivity (Wildman–Crippen MR) is 65.3 cm³/mol. The Bertz CT molecular complexity index is 495. The zero-order chi connectivity index (χ0) is 13.5. The maximum Gasteiger partial charge on any atom is 0.285 e. The van der Waals surface area contributed by atoms with Crippen molar-refractivity contribution in [3.8, 4) is 0 Å². The van der Waals surface area contributed by atoms with Crippen LogP contribution in [0.15, 0.2) is 23.1 Å². The normalized spacial score (nSPS) is 10.1. The van der Waals surface area contributed by atoms with E-state index in [0.717, 1.165) is 35.7 Å². The Morgan fingerprint density at radius 1 is 1.50 bits per heavy atom. The predicted octanol–water partition coefficient (Wildman–Crippen LogP) is 0.673. The molecule has 7 nitrogen and oxygen atoms in total. The van der Waals surface area contributed by atoms with Gasteiger partial charge >= 0.3 is 0 Å². The summed E-state index contributed by atoms with van der Waals surface area (Å²) in [6, 6.07) is 2.20. The van der Waals surface area contributed by atoms with E-state index in [1.165, 1.54) is 0 Å². The molecule has 7 heteroatoms. The van der Waals surface area contributed by atoms with Crippen molar-refractivity contribution in [1.82, 2.24) is 9.88 Å². The second-order valence-corrected chi connectivity index (χ2v) is 3.81. The van der Waals surface area contributed by atoms with Gasteiger partial charge in [0.25, 0.3) is 11.2 Å². The molecule has 1 N–H and O–H groups in total. The molecule has 1 rings (SSSR count). The number of pyridine rings is 1. The molecule has 0 fully saturated rings. The van der Waals surface area contributed by atoms with Gasteiger partial charge in [-0.05, 0) is 6.42 Å². The van der Waals surface area contributed by atoms with E-state index in [-0.39, 0.29) is 18.1 Å². The van der Waals surface area contributed by atoms with Crippen molar-refractivity contribution in [3.63, 3.8) is 0 Å². The van der Waals surface area contributed by atoms with Gasteiger partial charge in [0, 0.05) is 18.7 Å². The minimum absolute atomic E-state index is 0.204. The van der Waals surface area contributed by atoms with Crippen LogP contribution in [0.2, 0.25) is 0 Å². The van der Waals surface area contributed by atoms with Crippen molar-refractivity contribution in [2.75, 3.05) is 6.54 Å². The molecular weight excluding hydrogens is 238 g/mol. The maximum absolute atomic E-state index is 11.5. The first-order valence-corrected chi connectivity index (χ1v) is 5.66. The van der Waals surface area contributed by atoms with Crippen molar-refractivity contribution >= 4 is 11.6 Å². The lowest BCUT2D eigenvalue weighted by molar-refractivity contribution is -0.385. The summed E-state index contributed by atoms with van der Waals surface area (Å²) in [4.78, 5) is 32.8. The number of carbonyl (C=O) groups is 1. The molecule has 0 spiro atoms. The first-order chi connectivity index (χ1) is 8.54. The lowest BCUT2D eigenvalue weighted by atomic mass is 10.3. The van der Waals surface area contributed by atoms with E-state index in [9.17, 15) is 19.7 Å². The fourth-order valence-corrected chi connectivity index (χ4v) is 1.37. The fourth-order valence-electron chi connectivity index (χ4n) is 1.37. The van der Waals surface area contributed by atoms with Crippen LogP contribution in [0.3, 0.4) is 0 Å². The highest BCUT2D eigenvalue weighted by atomic mass is 16.6. The van der Waals surface area contributed by atoms with Crippen molar-refractivity contribution in [3.05, 3.63) is 38.8 Å². The van der Waals surface area contributed by atoms with Gasteiger partial charge in [0.2, 0.25) is 5.91 Å². The van der Waals surface area contributed by atoms with E-state index in [1.807, 2.05) is 6.92 Å². The molecule has 1 aromatic heterocycles. The van der Waals surface area contributed by atoms with Gasteiger partial charge < -0.3 is 5.32 Å². The second kappa shape index (κ2) is 6.53. The SMILES string of the molecule is CCCCNC(=O)Cn1cc([N+](=O)[O-])ccc1=O. The summed E-state index contributed by atoms with van der Waals surface area (Å²) in [7, 11) is 0. The minimum Gasteiger partial charge on any atom is -0.355 e. The highest BCUT2D eigenvalue weighted by Crippen LogP contribution is 2.05. The molecule has 0 aromatic carbocycles. The van der Waals surface area contributed by atoms with E-state index < -0.39 is 10.5 Å². The highest BCUT2D eigenvalue weighted by Gasteiger charge is 2.10. The molecule has 1 heterocycles. The number of amides is 1. The van der Waals surface area contributed by atoms with Gasteiger partial charge in [-0.3, -0.25) is 24.3 Å². The van der Waals surface area contributed by atoms with Crippen LogP contribution < -0.4 is 10.9 Å². The third-order valence-corrected chi connectivity index (χ3v) is 2.35. The van der Waals surface area contributed by atoms with Gasteiger partial charge in [-0.2, -0.15) is 0 Å². The summed E-state index contributed by atoms with van der Waals surface area (Å²) in [5, 5.41) is 13.2. The molecule has 18 heavy (non-hydrogen) atoms. The Balaban J connectivity index is 2.71. The number of hydrogen-bond acceptors (Lipinski definition) is 4. The largest absolute Gasteiger partial charge is 0.355 e. The van der Waals surface area contributed by atoms with E-state index in [4.69, 9.17) is 0 Å². The standard InChI is InChI=1S/C11H15N3O4/c1-2-3-6-12-10(15)8-13-7-9(14(17)18)4-5-11(13)16/h4-5,7H,2-3,6,8H2,1H3,(H,12,15). The molecule has 0 aliphatic heterocycles. The molecule has 0 bridgehead atoms. The monoisotopic (exact) mass is 253 g/mol. The van der Waals surface area contributed by atoms with Crippen LogP contribution in [0.4, 0.5) is 5.69 Å². The molecule has 98 valence electrons. The van der Waals surface area contributed by atoms with Crippen LogP contribution in [0.5, 0.6) is 0 Å². The van der Waals surface area contributed by atoms with Crippen LogP contribution in [-0.4, -0.2) is 21.9 Å². The molecule has 0 unspecified atom stereocenters. The van der Waals surface area contributed by atoms with Gasteiger partial charge in [0.15, 0.2) is 0 Å². The zero-order valence-corrected chi connectivity index (χ0v) is 10.1. The van der Waals surface area contributed by atoms with Gasteiger partial charge in [-0.15, -0.1) is 0 Å². The van der Waals surface area contributed by atoms with Crippen molar-refractivity contribution in [1.29, 1.82) is 0 Å². The summed E-state index contributed by atoms with van der Waals surface area (Å²) in [6.45, 7) is 2.33. The third-order valence-electron chi connectivity index (χ3n) is 2.35. The smallest absolute Gasteiger partial charge is 0.285 e. The molecule has 0 aliphatic rings. The molecule has 0 saturated heterocycles. The number of rotatable bonds is 6. The van der Waals surface area contributed by atoms with Crippen molar-refractivity contribution < 1.29 is 9.72 Å². The average molecular weight is 253 g/mol. The third kappa shape index (κ3) is 4.00. The number of nitrogens with zero attached hydrogens (tertiary/aromatic N) is 2. The Morgan fingerprint density at radius 2 is 2.22 bits per heavy atom. The number of nitro groups is 1. The Kier molecular flexibility index (Phi) is 5.04. The van der Waals surface area contributed by atoms with E-state index in [0.29, 0.717) is 6.54 Å². The Morgan fingerprint density at radius 3 is 2.83 bits per heavy atom. The highest BCUT2D eigenvalue weighted by molar-refractivity contribution is 5.75. The van der Waals surface area contributed by atoms with Crippen LogP contribution in [-0.2, 0) is 11.3 Å². The molecule has 0 radical (unpaired) electrons. The summed E-state index contributed by atoms with van der Waals surface area (Å²) >= 11 is 0. The summed E-state index contributed by atoms with van der Waals surface area (Å²) in [5.41, 5.74) is -0.651. The molecule has 0 aliphatic carbocycles. The quantitative estimate of drug-likeness (QED) is 0.458. The molecule has 0 atom stereocenters. The van der Waals surface area contributed by atoms with Crippen LogP contribution in [0, 0.1) is 10.1 Å². The maximum atomic E-state index is 11.5. The van der Waals surface area contributed by atoms with Crippen LogP contribution in [0.25, 0.3) is 0 Å². The van der Waals surface area contributed by atoms with Crippen LogP contribution >= 0.6 is 0 Å². The first kappa shape index (κ1) is 13.9. The number of unbranched alkanes of at least 4 members (excludes halogenated alkanes) is 1. The van der Waals surface area contributed by atoms with Gasteiger partial charge in [-0.1, -0.05) is 13.3 Å². The lowest BCUT2D eigenvalue weighted by Crippen LogP contribution is -2.32. The van der Waals surface area contributed by atoms with E-state index in [1.54, 1.807) is 0 Å².